The number of benzene rings is 1. The number of thiazole rings is 1. The van der Waals surface area contributed by atoms with Gasteiger partial charge in [0, 0.05) is 21.5 Å². The average Bonchev–Trinajstić information content (AvgIpc) is 2.63. The molecule has 1 heterocycles. The number of hydrogen-bond acceptors (Lipinski definition) is 3. The highest BCUT2D eigenvalue weighted by atomic mass is 79.9. The van der Waals surface area contributed by atoms with Gasteiger partial charge in [0.15, 0.2) is 0 Å². The van der Waals surface area contributed by atoms with Crippen LogP contribution < -0.4 is 5.73 Å². The molecule has 0 bridgehead atoms. The molecule has 0 radical (unpaired) electrons. The summed E-state index contributed by atoms with van der Waals surface area (Å²) < 4.78 is 14.0. The normalized spacial score (nSPS) is 10.8. The Morgan fingerprint density at radius 1 is 1.50 bits per heavy atom. The summed E-state index contributed by atoms with van der Waals surface area (Å²) in [4.78, 5) is 5.43. The van der Waals surface area contributed by atoms with Gasteiger partial charge in [0.25, 0.3) is 0 Å². The molecule has 0 atom stereocenters. The molecule has 0 amide bonds. The van der Waals surface area contributed by atoms with Crippen LogP contribution in [0.1, 0.15) is 10.6 Å². The summed E-state index contributed by atoms with van der Waals surface area (Å²) in [5, 5.41) is 0.796. The highest BCUT2D eigenvalue weighted by Crippen LogP contribution is 2.33. The van der Waals surface area contributed by atoms with E-state index in [0.29, 0.717) is 6.54 Å². The van der Waals surface area contributed by atoms with Crippen LogP contribution in [-0.4, -0.2) is 4.98 Å². The molecule has 0 spiro atoms. The van der Waals surface area contributed by atoms with Crippen molar-refractivity contribution in [3.05, 3.63) is 39.1 Å². The van der Waals surface area contributed by atoms with Crippen LogP contribution in [0.15, 0.2) is 22.7 Å². The fraction of sp³-hybridized carbons (Fsp3) is 0.182. The van der Waals surface area contributed by atoms with E-state index in [1.165, 1.54) is 23.5 Å². The summed E-state index contributed by atoms with van der Waals surface area (Å²) in [7, 11) is 0. The van der Waals surface area contributed by atoms with Crippen LogP contribution in [0.3, 0.4) is 0 Å². The molecule has 0 aliphatic carbocycles. The molecule has 2 aromatic rings. The van der Waals surface area contributed by atoms with Crippen molar-refractivity contribution in [2.24, 2.45) is 5.73 Å². The number of halogens is 2. The Bertz CT molecular complexity index is 525. The Morgan fingerprint density at radius 2 is 2.25 bits per heavy atom. The van der Waals surface area contributed by atoms with E-state index in [1.54, 1.807) is 6.07 Å². The van der Waals surface area contributed by atoms with Crippen LogP contribution in [0, 0.1) is 12.7 Å². The summed E-state index contributed by atoms with van der Waals surface area (Å²) in [6, 6.07) is 4.57. The fourth-order valence-electron chi connectivity index (χ4n) is 1.39. The van der Waals surface area contributed by atoms with Gasteiger partial charge in [0.05, 0.1) is 5.69 Å². The molecule has 16 heavy (non-hydrogen) atoms. The van der Waals surface area contributed by atoms with Crippen LogP contribution in [0.2, 0.25) is 0 Å². The molecule has 2 nitrogen and oxygen atoms in total. The Balaban J connectivity index is 2.53. The van der Waals surface area contributed by atoms with E-state index >= 15 is 0 Å². The highest BCUT2D eigenvalue weighted by molar-refractivity contribution is 9.10. The van der Waals surface area contributed by atoms with Crippen molar-refractivity contribution in [2.75, 3.05) is 0 Å². The Labute approximate surface area is 105 Å². The zero-order valence-corrected chi connectivity index (χ0v) is 11.0. The summed E-state index contributed by atoms with van der Waals surface area (Å²) in [5.74, 6) is -0.264. The van der Waals surface area contributed by atoms with E-state index in [9.17, 15) is 4.39 Å². The minimum absolute atomic E-state index is 0.264. The zero-order valence-electron chi connectivity index (χ0n) is 8.63. The second kappa shape index (κ2) is 4.61. The maximum Gasteiger partial charge on any atom is 0.125 e. The molecule has 5 heteroatoms. The third-order valence-corrected chi connectivity index (χ3v) is 4.14. The van der Waals surface area contributed by atoms with Crippen molar-refractivity contribution in [3.63, 3.8) is 0 Å². The number of rotatable bonds is 2. The van der Waals surface area contributed by atoms with E-state index in [0.717, 1.165) is 25.6 Å². The van der Waals surface area contributed by atoms with Crippen LogP contribution in [-0.2, 0) is 6.54 Å². The van der Waals surface area contributed by atoms with E-state index in [1.807, 2.05) is 6.92 Å². The van der Waals surface area contributed by atoms with Crippen molar-refractivity contribution in [1.29, 1.82) is 0 Å². The first-order chi connectivity index (χ1) is 7.61. The molecule has 2 N–H and O–H groups in total. The molecule has 1 aromatic carbocycles. The molecule has 0 unspecified atom stereocenters. The van der Waals surface area contributed by atoms with Crippen LogP contribution in [0.5, 0.6) is 0 Å². The van der Waals surface area contributed by atoms with Gasteiger partial charge in [-0.25, -0.2) is 9.37 Å². The summed E-state index contributed by atoms with van der Waals surface area (Å²) in [6.45, 7) is 2.38. The summed E-state index contributed by atoms with van der Waals surface area (Å²) in [5.41, 5.74) is 7.28. The summed E-state index contributed by atoms with van der Waals surface area (Å²) >= 11 is 4.89. The number of aromatic nitrogens is 1. The lowest BCUT2D eigenvalue weighted by Gasteiger charge is -1.99. The minimum atomic E-state index is -0.264. The first-order valence-corrected chi connectivity index (χ1v) is 6.34. The Kier molecular flexibility index (Phi) is 3.37. The molecule has 0 aliphatic rings. The standard InChI is InChI=1S/C11H10BrFN2S/c1-6-10(5-14)16-11(15-6)8-4-7(13)2-3-9(8)12/h2-4H,5,14H2,1H3. The molecule has 84 valence electrons. The van der Waals surface area contributed by atoms with Crippen molar-refractivity contribution in [3.8, 4) is 10.6 Å². The predicted molar refractivity (Wildman–Crippen MR) is 67.8 cm³/mol. The predicted octanol–water partition coefficient (Wildman–Crippen LogP) is 3.48. The minimum Gasteiger partial charge on any atom is -0.326 e. The molecule has 2 rings (SSSR count). The van der Waals surface area contributed by atoms with Crippen molar-refractivity contribution in [2.45, 2.75) is 13.5 Å². The lowest BCUT2D eigenvalue weighted by molar-refractivity contribution is 0.628. The van der Waals surface area contributed by atoms with Gasteiger partial charge in [-0.2, -0.15) is 0 Å². The van der Waals surface area contributed by atoms with E-state index in [2.05, 4.69) is 20.9 Å². The molecule has 0 saturated carbocycles. The van der Waals surface area contributed by atoms with E-state index < -0.39 is 0 Å². The van der Waals surface area contributed by atoms with Gasteiger partial charge < -0.3 is 5.73 Å². The average molecular weight is 301 g/mol. The van der Waals surface area contributed by atoms with Gasteiger partial charge in [0.1, 0.15) is 10.8 Å². The smallest absolute Gasteiger partial charge is 0.125 e. The second-order valence-electron chi connectivity index (χ2n) is 3.36. The van der Waals surface area contributed by atoms with Crippen LogP contribution in [0.4, 0.5) is 4.39 Å². The first kappa shape index (κ1) is 11.7. The number of aryl methyl sites for hydroxylation is 1. The number of nitrogens with two attached hydrogens (primary N) is 1. The van der Waals surface area contributed by atoms with E-state index in [4.69, 9.17) is 5.73 Å². The zero-order chi connectivity index (χ0) is 11.7. The SMILES string of the molecule is Cc1nc(-c2cc(F)ccc2Br)sc1CN. The van der Waals surface area contributed by atoms with Crippen molar-refractivity contribution >= 4 is 27.3 Å². The lowest BCUT2D eigenvalue weighted by Crippen LogP contribution is -1.94. The van der Waals surface area contributed by atoms with Crippen LogP contribution >= 0.6 is 27.3 Å². The van der Waals surface area contributed by atoms with Gasteiger partial charge in [-0.1, -0.05) is 15.9 Å². The van der Waals surface area contributed by atoms with Gasteiger partial charge in [-0.15, -0.1) is 11.3 Å². The fourth-order valence-corrected chi connectivity index (χ4v) is 2.93. The highest BCUT2D eigenvalue weighted by Gasteiger charge is 2.11. The third kappa shape index (κ3) is 2.16. The molecule has 0 aliphatic heterocycles. The van der Waals surface area contributed by atoms with Gasteiger partial charge in [0.2, 0.25) is 0 Å². The Morgan fingerprint density at radius 3 is 2.88 bits per heavy atom. The molecule has 0 fully saturated rings. The largest absolute Gasteiger partial charge is 0.326 e. The first-order valence-electron chi connectivity index (χ1n) is 4.73. The molecule has 1 aromatic heterocycles. The number of nitrogens with zero attached hydrogens (tertiary/aromatic N) is 1. The quantitative estimate of drug-likeness (QED) is 0.922. The second-order valence-corrected chi connectivity index (χ2v) is 5.29. The molecular weight excluding hydrogens is 291 g/mol. The Hall–Kier alpha value is -0.780. The molecular formula is C11H10BrFN2S. The summed E-state index contributed by atoms with van der Waals surface area (Å²) in [6.07, 6.45) is 0. The third-order valence-electron chi connectivity index (χ3n) is 2.24. The maximum absolute atomic E-state index is 13.2. The number of hydrogen-bond donors (Lipinski definition) is 1. The lowest BCUT2D eigenvalue weighted by atomic mass is 10.2. The van der Waals surface area contributed by atoms with Gasteiger partial charge >= 0.3 is 0 Å². The van der Waals surface area contributed by atoms with Gasteiger partial charge in [-0.3, -0.25) is 0 Å². The monoisotopic (exact) mass is 300 g/mol. The topological polar surface area (TPSA) is 38.9 Å². The maximum atomic E-state index is 13.2. The van der Waals surface area contributed by atoms with E-state index in [-0.39, 0.29) is 5.82 Å². The van der Waals surface area contributed by atoms with Crippen molar-refractivity contribution in [1.82, 2.24) is 4.98 Å². The van der Waals surface area contributed by atoms with Crippen LogP contribution in [0.25, 0.3) is 10.6 Å². The van der Waals surface area contributed by atoms with Gasteiger partial charge in [-0.05, 0) is 25.1 Å². The van der Waals surface area contributed by atoms with Crippen molar-refractivity contribution < 1.29 is 4.39 Å². The molecule has 0 saturated heterocycles.